The summed E-state index contributed by atoms with van der Waals surface area (Å²) in [6.07, 6.45) is 0.793. The minimum atomic E-state index is -0.584. The number of anilines is 1. The molecular weight excluding hydrogens is 232 g/mol. The predicted molar refractivity (Wildman–Crippen MR) is 73.3 cm³/mol. The lowest BCUT2D eigenvalue weighted by Crippen LogP contribution is -2.51. The Morgan fingerprint density at radius 2 is 2.12 bits per heavy atom. The molecule has 1 aliphatic rings. The molecule has 0 spiro atoms. The van der Waals surface area contributed by atoms with E-state index in [0.717, 1.165) is 17.9 Å². The molecule has 2 unspecified atom stereocenters. The second-order valence-corrected chi connectivity index (χ2v) is 6.19. The van der Waals surface area contributed by atoms with Gasteiger partial charge in [0, 0.05) is 16.7 Å². The Kier molecular flexibility index (Phi) is 3.33. The first-order valence-corrected chi connectivity index (χ1v) is 6.83. The van der Waals surface area contributed by atoms with Crippen LogP contribution in [0.3, 0.4) is 0 Å². The molecule has 0 bridgehead atoms. The van der Waals surface area contributed by atoms with Crippen molar-refractivity contribution in [3.8, 4) is 0 Å². The number of carbonyl (C=O) groups is 1. The second kappa shape index (κ2) is 4.61. The van der Waals surface area contributed by atoms with Crippen LogP contribution in [-0.4, -0.2) is 22.4 Å². The van der Waals surface area contributed by atoms with Gasteiger partial charge in [-0.05, 0) is 25.5 Å². The van der Waals surface area contributed by atoms with Crippen LogP contribution in [0.5, 0.6) is 0 Å². The standard InChI is InChI=1S/C13H18N2OS/c1-9-3-5-11(6-4-9)15-13(12(14)16)7-10(2)17-8-13/h3-6,10,15H,7-8H2,1-2H3,(H2,14,16). The minimum absolute atomic E-state index is 0.255. The number of amides is 1. The van der Waals surface area contributed by atoms with Crippen LogP contribution in [-0.2, 0) is 4.79 Å². The number of nitrogens with one attached hydrogen (secondary N) is 1. The fourth-order valence-corrected chi connectivity index (χ4v) is 3.43. The highest BCUT2D eigenvalue weighted by Gasteiger charge is 2.43. The molecule has 1 aromatic carbocycles. The van der Waals surface area contributed by atoms with Crippen molar-refractivity contribution in [2.45, 2.75) is 31.1 Å². The first-order valence-electron chi connectivity index (χ1n) is 5.78. The molecule has 1 heterocycles. The van der Waals surface area contributed by atoms with Gasteiger partial charge < -0.3 is 11.1 Å². The molecule has 4 heteroatoms. The number of thioether (sulfide) groups is 1. The summed E-state index contributed by atoms with van der Waals surface area (Å²) in [6, 6.07) is 8.05. The molecule has 1 saturated heterocycles. The summed E-state index contributed by atoms with van der Waals surface area (Å²) in [5.41, 5.74) is 7.14. The first kappa shape index (κ1) is 12.3. The lowest BCUT2D eigenvalue weighted by molar-refractivity contribution is -0.121. The van der Waals surface area contributed by atoms with Gasteiger partial charge in [-0.25, -0.2) is 0 Å². The average molecular weight is 250 g/mol. The molecule has 0 radical (unpaired) electrons. The topological polar surface area (TPSA) is 55.1 Å². The Morgan fingerprint density at radius 3 is 2.59 bits per heavy atom. The van der Waals surface area contributed by atoms with Crippen molar-refractivity contribution < 1.29 is 4.79 Å². The highest BCUT2D eigenvalue weighted by molar-refractivity contribution is 8.00. The van der Waals surface area contributed by atoms with Gasteiger partial charge in [0.25, 0.3) is 0 Å². The number of rotatable bonds is 3. The van der Waals surface area contributed by atoms with Gasteiger partial charge in [-0.15, -0.1) is 0 Å². The van der Waals surface area contributed by atoms with Gasteiger partial charge in [0.05, 0.1) is 0 Å². The molecule has 1 fully saturated rings. The molecule has 0 aromatic heterocycles. The van der Waals surface area contributed by atoms with Crippen LogP contribution in [0.1, 0.15) is 18.9 Å². The highest BCUT2D eigenvalue weighted by atomic mass is 32.2. The number of aryl methyl sites for hydroxylation is 1. The minimum Gasteiger partial charge on any atom is -0.371 e. The van der Waals surface area contributed by atoms with E-state index in [1.165, 1.54) is 5.56 Å². The largest absolute Gasteiger partial charge is 0.371 e. The molecule has 1 aromatic rings. The molecule has 3 N–H and O–H groups in total. The third-order valence-electron chi connectivity index (χ3n) is 3.16. The highest BCUT2D eigenvalue weighted by Crippen LogP contribution is 2.36. The summed E-state index contributed by atoms with van der Waals surface area (Å²) in [5.74, 6) is 0.493. The van der Waals surface area contributed by atoms with E-state index >= 15 is 0 Å². The number of primary amides is 1. The number of hydrogen-bond donors (Lipinski definition) is 2. The fourth-order valence-electron chi connectivity index (χ4n) is 2.13. The van der Waals surface area contributed by atoms with Crippen LogP contribution < -0.4 is 11.1 Å². The van der Waals surface area contributed by atoms with Crippen LogP contribution in [0.25, 0.3) is 0 Å². The zero-order valence-corrected chi connectivity index (χ0v) is 11.0. The summed E-state index contributed by atoms with van der Waals surface area (Å²) in [7, 11) is 0. The quantitative estimate of drug-likeness (QED) is 0.864. The van der Waals surface area contributed by atoms with E-state index in [9.17, 15) is 4.79 Å². The van der Waals surface area contributed by atoms with Crippen molar-refractivity contribution in [1.29, 1.82) is 0 Å². The van der Waals surface area contributed by atoms with Crippen molar-refractivity contribution in [1.82, 2.24) is 0 Å². The van der Waals surface area contributed by atoms with E-state index in [-0.39, 0.29) is 5.91 Å². The molecule has 2 rings (SSSR count). The van der Waals surface area contributed by atoms with Crippen LogP contribution >= 0.6 is 11.8 Å². The van der Waals surface area contributed by atoms with Crippen molar-refractivity contribution in [3.05, 3.63) is 29.8 Å². The van der Waals surface area contributed by atoms with Crippen LogP contribution in [0.15, 0.2) is 24.3 Å². The monoisotopic (exact) mass is 250 g/mol. The summed E-state index contributed by atoms with van der Waals surface area (Å²) in [5, 5.41) is 3.79. The van der Waals surface area contributed by atoms with Gasteiger partial charge in [0.15, 0.2) is 0 Å². The average Bonchev–Trinajstić information content (AvgIpc) is 2.65. The van der Waals surface area contributed by atoms with Gasteiger partial charge in [0.1, 0.15) is 5.54 Å². The third-order valence-corrected chi connectivity index (χ3v) is 4.55. The third kappa shape index (κ3) is 2.57. The van der Waals surface area contributed by atoms with Crippen LogP contribution in [0, 0.1) is 6.92 Å². The fraction of sp³-hybridized carbons (Fsp3) is 0.462. The van der Waals surface area contributed by atoms with E-state index in [4.69, 9.17) is 5.73 Å². The Hall–Kier alpha value is -1.16. The van der Waals surface area contributed by atoms with Crippen LogP contribution in [0.2, 0.25) is 0 Å². The summed E-state index contributed by atoms with van der Waals surface area (Å²) in [6.45, 7) is 4.17. The Labute approximate surface area is 106 Å². The maximum absolute atomic E-state index is 11.7. The maximum atomic E-state index is 11.7. The molecule has 3 nitrogen and oxygen atoms in total. The molecule has 0 saturated carbocycles. The summed E-state index contributed by atoms with van der Waals surface area (Å²) < 4.78 is 0. The van der Waals surface area contributed by atoms with Gasteiger partial charge >= 0.3 is 0 Å². The van der Waals surface area contributed by atoms with Crippen molar-refractivity contribution in [2.75, 3.05) is 11.1 Å². The maximum Gasteiger partial charge on any atom is 0.244 e. The molecule has 17 heavy (non-hydrogen) atoms. The SMILES string of the molecule is Cc1ccc(NC2(C(N)=O)CSC(C)C2)cc1. The van der Waals surface area contributed by atoms with E-state index in [2.05, 4.69) is 12.2 Å². The van der Waals surface area contributed by atoms with Crippen molar-refractivity contribution in [3.63, 3.8) is 0 Å². The predicted octanol–water partition coefficient (Wildman–Crippen LogP) is 2.16. The molecule has 2 atom stereocenters. The van der Waals surface area contributed by atoms with E-state index in [0.29, 0.717) is 5.25 Å². The van der Waals surface area contributed by atoms with Gasteiger partial charge in [0.2, 0.25) is 5.91 Å². The van der Waals surface area contributed by atoms with Gasteiger partial charge in [-0.1, -0.05) is 24.6 Å². The Balaban J connectivity index is 2.19. The van der Waals surface area contributed by atoms with E-state index in [1.807, 2.05) is 31.2 Å². The van der Waals surface area contributed by atoms with E-state index < -0.39 is 5.54 Å². The smallest absolute Gasteiger partial charge is 0.244 e. The zero-order chi connectivity index (χ0) is 12.5. The summed E-state index contributed by atoms with van der Waals surface area (Å²) in [4.78, 5) is 11.7. The second-order valence-electron chi connectivity index (χ2n) is 4.76. The zero-order valence-electron chi connectivity index (χ0n) is 10.2. The first-order chi connectivity index (χ1) is 8.02. The molecule has 92 valence electrons. The summed E-state index contributed by atoms with van der Waals surface area (Å²) >= 11 is 1.79. The number of nitrogens with two attached hydrogens (primary N) is 1. The number of hydrogen-bond acceptors (Lipinski definition) is 3. The molecular formula is C13H18N2OS. The normalized spacial score (nSPS) is 28.0. The lowest BCUT2D eigenvalue weighted by Gasteiger charge is -2.27. The van der Waals surface area contributed by atoms with Gasteiger partial charge in [-0.2, -0.15) is 11.8 Å². The van der Waals surface area contributed by atoms with Gasteiger partial charge in [-0.3, -0.25) is 4.79 Å². The molecule has 1 aliphatic heterocycles. The number of carbonyl (C=O) groups excluding carboxylic acids is 1. The van der Waals surface area contributed by atoms with Crippen molar-refractivity contribution >= 4 is 23.4 Å². The lowest BCUT2D eigenvalue weighted by atomic mass is 9.95. The number of benzene rings is 1. The molecule has 0 aliphatic carbocycles. The Bertz CT molecular complexity index is 418. The van der Waals surface area contributed by atoms with Crippen molar-refractivity contribution in [2.24, 2.45) is 5.73 Å². The molecule has 1 amide bonds. The van der Waals surface area contributed by atoms with E-state index in [1.54, 1.807) is 11.8 Å². The van der Waals surface area contributed by atoms with Crippen LogP contribution in [0.4, 0.5) is 5.69 Å². The Morgan fingerprint density at radius 1 is 1.47 bits per heavy atom.